The van der Waals surface area contributed by atoms with Gasteiger partial charge in [0.2, 0.25) is 0 Å². The fourth-order valence-electron chi connectivity index (χ4n) is 3.20. The fourth-order valence-corrected chi connectivity index (χ4v) is 9.40. The van der Waals surface area contributed by atoms with Gasteiger partial charge in [0.05, 0.1) is 52.6 Å². The van der Waals surface area contributed by atoms with Crippen LogP contribution in [0.4, 0.5) is 0 Å². The molecule has 7 nitrogen and oxygen atoms in total. The molecule has 3 fully saturated rings. The van der Waals surface area contributed by atoms with Crippen LogP contribution in [0.15, 0.2) is 13.1 Å². The number of hydrogen-bond donors (Lipinski definition) is 0. The van der Waals surface area contributed by atoms with Crippen molar-refractivity contribution in [3.63, 3.8) is 0 Å². The Morgan fingerprint density at radius 2 is 0.788 bits per heavy atom. The molecule has 0 bridgehead atoms. The molecular weight excluding hydrogens is 478 g/mol. The molecule has 3 saturated heterocycles. The van der Waals surface area contributed by atoms with Crippen molar-refractivity contribution >= 4 is 29.2 Å². The minimum Gasteiger partial charge on any atom is -0.379 e. The van der Waals surface area contributed by atoms with E-state index in [1.165, 1.54) is 0 Å². The molecule has 0 amide bonds. The van der Waals surface area contributed by atoms with E-state index in [0.29, 0.717) is 24.7 Å². The summed E-state index contributed by atoms with van der Waals surface area (Å²) in [5.41, 5.74) is 0. The van der Waals surface area contributed by atoms with Crippen molar-refractivity contribution in [2.24, 2.45) is 13.1 Å². The van der Waals surface area contributed by atoms with E-state index in [2.05, 4.69) is 13.1 Å². The maximum atomic E-state index is 11.8. The second kappa shape index (κ2) is 17.3. The molecule has 3 aliphatic heterocycles. The van der Waals surface area contributed by atoms with Gasteiger partial charge in [0.15, 0.2) is 0 Å². The molecule has 0 aromatic heterocycles. The molecular formula is C23H55N3O4S3. The van der Waals surface area contributed by atoms with Gasteiger partial charge in [-0.1, -0.05) is 22.3 Å². The molecule has 0 aromatic rings. The first kappa shape index (κ1) is 37.4. The van der Waals surface area contributed by atoms with Crippen LogP contribution in [0, 0.1) is 0 Å². The maximum Gasteiger partial charge on any atom is 0.0590 e. The zero-order valence-electron chi connectivity index (χ0n) is 19.7. The van der Waals surface area contributed by atoms with Crippen molar-refractivity contribution in [3.05, 3.63) is 0 Å². The van der Waals surface area contributed by atoms with Gasteiger partial charge >= 0.3 is 0 Å². The second-order valence-corrected chi connectivity index (χ2v) is 16.5. The minimum absolute atomic E-state index is 0. The van der Waals surface area contributed by atoms with Crippen LogP contribution in [0.2, 0.25) is 0 Å². The van der Waals surface area contributed by atoms with E-state index in [-0.39, 0.29) is 40.4 Å². The van der Waals surface area contributed by atoms with E-state index >= 15 is 0 Å². The molecule has 0 saturated carbocycles. The summed E-state index contributed by atoms with van der Waals surface area (Å²) < 4.78 is 52.4. The van der Waals surface area contributed by atoms with Gasteiger partial charge < -0.3 is 4.74 Å². The summed E-state index contributed by atoms with van der Waals surface area (Å²) in [6.45, 7) is 13.1. The smallest absolute Gasteiger partial charge is 0.0590 e. The van der Waals surface area contributed by atoms with E-state index in [9.17, 15) is 12.6 Å². The standard InChI is InChI=1S/C7H15NO2S.C7H15NOS.C6H13NOS.3CH4/c1-7(2)8-11(9)5-3-10-4-6-11;1-7(2)8-10(9)5-3-4-6-10;1-6(2)7-9(8)4-3-5-9;;;/h7H,3-6H2,1-2H3;7H,3-6H2,1-2H3;6H,3-5H2,1-2H3;3*1H4. The summed E-state index contributed by atoms with van der Waals surface area (Å²) in [5.74, 6) is 4.59. The van der Waals surface area contributed by atoms with Gasteiger partial charge in [-0.05, 0) is 60.8 Å². The Labute approximate surface area is 208 Å². The lowest BCUT2D eigenvalue weighted by molar-refractivity contribution is 0.158. The van der Waals surface area contributed by atoms with Gasteiger partial charge in [0.25, 0.3) is 0 Å². The van der Waals surface area contributed by atoms with E-state index < -0.39 is 29.2 Å². The van der Waals surface area contributed by atoms with Crippen LogP contribution in [-0.4, -0.2) is 78.5 Å². The first-order valence-corrected chi connectivity index (χ1v) is 16.7. The van der Waals surface area contributed by atoms with Crippen LogP contribution >= 0.6 is 0 Å². The molecule has 0 unspecified atom stereocenters. The fraction of sp³-hybridized carbons (Fsp3) is 1.00. The van der Waals surface area contributed by atoms with Gasteiger partial charge in [0, 0.05) is 42.5 Å². The van der Waals surface area contributed by atoms with Gasteiger partial charge in [-0.15, -0.1) is 0 Å². The summed E-state index contributed by atoms with van der Waals surface area (Å²) in [6, 6.07) is 0.670. The highest BCUT2D eigenvalue weighted by molar-refractivity contribution is 7.95. The maximum absolute atomic E-state index is 11.8. The summed E-state index contributed by atoms with van der Waals surface area (Å²) in [7, 11) is -5.28. The zero-order valence-corrected chi connectivity index (χ0v) is 22.2. The van der Waals surface area contributed by atoms with Crippen LogP contribution < -0.4 is 0 Å². The summed E-state index contributed by atoms with van der Waals surface area (Å²) in [5, 5.41) is 0. The zero-order chi connectivity index (χ0) is 22.8. The Morgan fingerprint density at radius 1 is 0.515 bits per heavy atom. The molecule has 0 radical (unpaired) electrons. The highest BCUT2D eigenvalue weighted by atomic mass is 32.2. The van der Waals surface area contributed by atoms with Crippen molar-refractivity contribution < 1.29 is 17.4 Å². The third-order valence-electron chi connectivity index (χ3n) is 4.41. The molecule has 0 spiro atoms. The molecule has 204 valence electrons. The lowest BCUT2D eigenvalue weighted by Crippen LogP contribution is -2.26. The van der Waals surface area contributed by atoms with E-state index in [0.717, 1.165) is 42.3 Å². The lowest BCUT2D eigenvalue weighted by atomic mass is 10.4. The van der Waals surface area contributed by atoms with Crippen molar-refractivity contribution in [1.82, 2.24) is 0 Å². The molecule has 0 aliphatic carbocycles. The van der Waals surface area contributed by atoms with Gasteiger partial charge in [0.1, 0.15) is 0 Å². The Bertz CT molecular complexity index is 839. The first-order chi connectivity index (χ1) is 13.9. The molecule has 3 heterocycles. The average molecular weight is 534 g/mol. The number of ether oxygens (including phenoxy) is 1. The van der Waals surface area contributed by atoms with Gasteiger partial charge in [-0.25, -0.2) is 25.7 Å². The third kappa shape index (κ3) is 16.2. The third-order valence-corrected chi connectivity index (χ3v) is 12.1. The molecule has 3 rings (SSSR count). The van der Waals surface area contributed by atoms with Gasteiger partial charge in [-0.2, -0.15) is 0 Å². The highest BCUT2D eigenvalue weighted by Crippen LogP contribution is 2.14. The molecule has 0 aromatic carbocycles. The Hall–Kier alpha value is -0.190. The largest absolute Gasteiger partial charge is 0.379 e. The highest BCUT2D eigenvalue weighted by Gasteiger charge is 2.19. The first-order valence-electron chi connectivity index (χ1n) is 11.1. The second-order valence-electron chi connectivity index (χ2n) is 8.81. The number of nitrogens with zero attached hydrogens (tertiary/aromatic N) is 3. The summed E-state index contributed by atoms with van der Waals surface area (Å²) >= 11 is 0. The summed E-state index contributed by atoms with van der Waals surface area (Å²) in [4.78, 5) is 0. The average Bonchev–Trinajstić information content (AvgIpc) is 2.99. The van der Waals surface area contributed by atoms with Crippen LogP contribution in [0.1, 0.15) is 83.1 Å². The van der Waals surface area contributed by atoms with Crippen molar-refractivity contribution in [2.45, 2.75) is 101 Å². The number of hydrogen-bond acceptors (Lipinski definition) is 7. The van der Waals surface area contributed by atoms with E-state index in [1.54, 1.807) is 0 Å². The van der Waals surface area contributed by atoms with Crippen LogP contribution in [-0.2, 0) is 33.9 Å². The van der Waals surface area contributed by atoms with E-state index in [4.69, 9.17) is 4.74 Å². The quantitative estimate of drug-likeness (QED) is 0.463. The summed E-state index contributed by atoms with van der Waals surface area (Å²) in [6.07, 6.45) is 3.32. The van der Waals surface area contributed by atoms with Crippen LogP contribution in [0.25, 0.3) is 0 Å². The predicted octanol–water partition coefficient (Wildman–Crippen LogP) is 5.72. The van der Waals surface area contributed by atoms with Crippen molar-refractivity contribution in [3.8, 4) is 0 Å². The van der Waals surface area contributed by atoms with Gasteiger partial charge in [-0.3, -0.25) is 0 Å². The molecule has 0 N–H and O–H groups in total. The topological polar surface area (TPSA) is 97.5 Å². The molecule has 3 aliphatic rings. The van der Waals surface area contributed by atoms with E-state index in [1.807, 2.05) is 41.5 Å². The molecule has 33 heavy (non-hydrogen) atoms. The van der Waals surface area contributed by atoms with Crippen LogP contribution in [0.5, 0.6) is 0 Å². The van der Waals surface area contributed by atoms with Crippen molar-refractivity contribution in [1.29, 1.82) is 0 Å². The Morgan fingerprint density at radius 3 is 1.03 bits per heavy atom. The lowest BCUT2D eigenvalue weighted by Gasteiger charge is -2.18. The minimum atomic E-state index is -1.89. The molecule has 0 atom stereocenters. The monoisotopic (exact) mass is 533 g/mol. The Balaban J connectivity index is -0.000000393. The number of rotatable bonds is 3. The normalized spacial score (nSPS) is 21.4. The Kier molecular flexibility index (Phi) is 19.6. The molecule has 10 heteroatoms. The van der Waals surface area contributed by atoms with Crippen molar-refractivity contribution in [2.75, 3.05) is 47.7 Å². The SMILES string of the molecule is C.C.C.CC(C)N=S1(=O)CCC1.CC(C)N=S1(=O)CCCC1.CC(C)N=S1(=O)CCOCC1. The predicted molar refractivity (Wildman–Crippen MR) is 151 cm³/mol. The van der Waals surface area contributed by atoms with Crippen LogP contribution in [0.3, 0.4) is 0 Å².